The molecule has 0 aromatic rings. The second-order valence-electron chi connectivity index (χ2n) is 5.03. The average molecular weight is 286 g/mol. The molecular formula is C14H30N2O2Si. The van der Waals surface area contributed by atoms with Crippen LogP contribution >= 0.6 is 0 Å². The first-order valence-electron chi connectivity index (χ1n) is 7.74. The fourth-order valence-corrected chi connectivity index (χ4v) is 1.81. The molecular weight excluding hydrogens is 256 g/mol. The molecule has 112 valence electrons. The molecule has 5 heteroatoms. The Bertz CT molecular complexity index is 204. The molecule has 4 nitrogen and oxygen atoms in total. The minimum atomic E-state index is 0.225. The molecule has 2 aliphatic heterocycles. The van der Waals surface area contributed by atoms with Crippen LogP contribution in [-0.2, 0) is 9.59 Å². The standard InChI is InChI=1S/2C6H11NO.C2H8Si/c2*8-6-4-2-1-3-5-7-6;1-3-2/h2*1-5H2,(H,7,8);3H2,1-2H3. The molecule has 0 aliphatic carbocycles. The van der Waals surface area contributed by atoms with Gasteiger partial charge >= 0.3 is 0 Å². The first-order chi connectivity index (χ1) is 9.20. The lowest BCUT2D eigenvalue weighted by molar-refractivity contribution is -0.121. The van der Waals surface area contributed by atoms with E-state index in [4.69, 9.17) is 0 Å². The van der Waals surface area contributed by atoms with Crippen LogP contribution in [0.25, 0.3) is 0 Å². The zero-order chi connectivity index (χ0) is 14.3. The van der Waals surface area contributed by atoms with Gasteiger partial charge in [0.2, 0.25) is 11.8 Å². The van der Waals surface area contributed by atoms with E-state index in [1.165, 1.54) is 12.8 Å². The van der Waals surface area contributed by atoms with Crippen LogP contribution in [0.3, 0.4) is 0 Å². The van der Waals surface area contributed by atoms with Crippen molar-refractivity contribution < 1.29 is 9.59 Å². The van der Waals surface area contributed by atoms with Crippen LogP contribution in [-0.4, -0.2) is 34.4 Å². The van der Waals surface area contributed by atoms with Gasteiger partial charge in [0, 0.05) is 35.5 Å². The van der Waals surface area contributed by atoms with Gasteiger partial charge in [-0.1, -0.05) is 25.9 Å². The molecule has 0 aromatic carbocycles. The van der Waals surface area contributed by atoms with Gasteiger partial charge in [-0.05, 0) is 25.7 Å². The van der Waals surface area contributed by atoms with Crippen LogP contribution in [0.1, 0.15) is 51.4 Å². The normalized spacial score (nSPS) is 19.3. The third-order valence-corrected chi connectivity index (χ3v) is 2.81. The predicted octanol–water partition coefficient (Wildman–Crippen LogP) is 1.60. The summed E-state index contributed by atoms with van der Waals surface area (Å²) in [6.07, 6.45) is 8.35. The van der Waals surface area contributed by atoms with Gasteiger partial charge in [0.05, 0.1) is 0 Å². The second-order valence-corrected chi connectivity index (χ2v) is 6.44. The smallest absolute Gasteiger partial charge is 0.219 e. The van der Waals surface area contributed by atoms with Crippen molar-refractivity contribution in [3.05, 3.63) is 0 Å². The Labute approximate surface area is 119 Å². The van der Waals surface area contributed by atoms with Crippen LogP contribution in [0.4, 0.5) is 0 Å². The van der Waals surface area contributed by atoms with Crippen LogP contribution in [0, 0.1) is 0 Å². The molecule has 2 N–H and O–H groups in total. The van der Waals surface area contributed by atoms with E-state index in [1.54, 1.807) is 0 Å². The molecule has 0 atom stereocenters. The van der Waals surface area contributed by atoms with E-state index in [0.717, 1.165) is 51.6 Å². The molecule has 0 bridgehead atoms. The van der Waals surface area contributed by atoms with E-state index in [-0.39, 0.29) is 11.8 Å². The van der Waals surface area contributed by atoms with E-state index in [2.05, 4.69) is 23.7 Å². The van der Waals surface area contributed by atoms with Gasteiger partial charge < -0.3 is 10.6 Å². The van der Waals surface area contributed by atoms with Gasteiger partial charge in [-0.25, -0.2) is 0 Å². The van der Waals surface area contributed by atoms with Crippen molar-refractivity contribution in [3.8, 4) is 0 Å². The molecule has 0 aromatic heterocycles. The monoisotopic (exact) mass is 286 g/mol. The highest BCUT2D eigenvalue weighted by molar-refractivity contribution is 6.31. The van der Waals surface area contributed by atoms with Crippen molar-refractivity contribution in [3.63, 3.8) is 0 Å². The average Bonchev–Trinajstić information content (AvgIpc) is 2.75. The van der Waals surface area contributed by atoms with Crippen molar-refractivity contribution in [2.75, 3.05) is 13.1 Å². The van der Waals surface area contributed by atoms with Gasteiger partial charge in [-0.3, -0.25) is 9.59 Å². The fourth-order valence-electron chi connectivity index (χ4n) is 1.81. The predicted molar refractivity (Wildman–Crippen MR) is 83.2 cm³/mol. The maximum absolute atomic E-state index is 10.6. The minimum Gasteiger partial charge on any atom is -0.356 e. The first kappa shape index (κ1) is 18.2. The van der Waals surface area contributed by atoms with E-state index in [9.17, 15) is 9.59 Å². The first-order valence-corrected chi connectivity index (χ1v) is 10.6. The fraction of sp³-hybridized carbons (Fsp3) is 0.857. The van der Waals surface area contributed by atoms with Crippen molar-refractivity contribution in [1.82, 2.24) is 10.6 Å². The molecule has 2 aliphatic rings. The number of hydrogen-bond donors (Lipinski definition) is 2. The number of rotatable bonds is 0. The Morgan fingerprint density at radius 3 is 1.47 bits per heavy atom. The molecule has 19 heavy (non-hydrogen) atoms. The number of carbonyl (C=O) groups is 2. The Morgan fingerprint density at radius 2 is 1.11 bits per heavy atom. The van der Waals surface area contributed by atoms with Crippen molar-refractivity contribution >= 4 is 21.3 Å². The van der Waals surface area contributed by atoms with Crippen LogP contribution in [0.15, 0.2) is 0 Å². The lowest BCUT2D eigenvalue weighted by atomic mass is 10.2. The van der Waals surface area contributed by atoms with Crippen LogP contribution in [0.2, 0.25) is 13.1 Å². The summed E-state index contributed by atoms with van der Waals surface area (Å²) < 4.78 is 0. The minimum absolute atomic E-state index is 0.225. The van der Waals surface area contributed by atoms with Gasteiger partial charge in [-0.15, -0.1) is 0 Å². The zero-order valence-corrected chi connectivity index (χ0v) is 14.0. The van der Waals surface area contributed by atoms with Crippen molar-refractivity contribution in [2.45, 2.75) is 64.5 Å². The van der Waals surface area contributed by atoms with E-state index >= 15 is 0 Å². The molecule has 2 fully saturated rings. The number of carbonyl (C=O) groups excluding carboxylic acids is 2. The summed E-state index contributed by atoms with van der Waals surface area (Å²) in [4.78, 5) is 21.1. The molecule has 0 spiro atoms. The van der Waals surface area contributed by atoms with Crippen molar-refractivity contribution in [1.29, 1.82) is 0 Å². The van der Waals surface area contributed by atoms with Crippen LogP contribution in [0.5, 0.6) is 0 Å². The Kier molecular flexibility index (Phi) is 13.0. The summed E-state index contributed by atoms with van der Waals surface area (Å²) in [5.41, 5.74) is 0. The maximum Gasteiger partial charge on any atom is 0.219 e. The summed E-state index contributed by atoms with van der Waals surface area (Å²) in [5.74, 6) is 0.449. The zero-order valence-electron chi connectivity index (χ0n) is 12.6. The quantitative estimate of drug-likeness (QED) is 0.665. The highest BCUT2D eigenvalue weighted by Crippen LogP contribution is 2.02. The molecule has 2 amide bonds. The van der Waals surface area contributed by atoms with E-state index in [0.29, 0.717) is 9.52 Å². The largest absolute Gasteiger partial charge is 0.356 e. The number of amides is 2. The lowest BCUT2D eigenvalue weighted by Crippen LogP contribution is -2.21. The number of hydrogen-bond acceptors (Lipinski definition) is 2. The Morgan fingerprint density at radius 1 is 0.737 bits per heavy atom. The van der Waals surface area contributed by atoms with Gasteiger partial charge in [0.25, 0.3) is 0 Å². The summed E-state index contributed by atoms with van der Waals surface area (Å²) in [6, 6.07) is 0. The summed E-state index contributed by atoms with van der Waals surface area (Å²) >= 11 is 0. The summed E-state index contributed by atoms with van der Waals surface area (Å²) in [7, 11) is 0.417. The van der Waals surface area contributed by atoms with E-state index < -0.39 is 0 Å². The third kappa shape index (κ3) is 13.4. The molecule has 0 radical (unpaired) electrons. The SMILES string of the molecule is C[SiH2]C.O=C1CCCCCN1.O=C1CCCCCN1. The summed E-state index contributed by atoms with van der Waals surface area (Å²) in [6.45, 7) is 6.30. The van der Waals surface area contributed by atoms with E-state index in [1.807, 2.05) is 0 Å². The maximum atomic E-state index is 10.6. The highest BCUT2D eigenvalue weighted by Gasteiger charge is 2.04. The lowest BCUT2D eigenvalue weighted by Gasteiger charge is -1.93. The van der Waals surface area contributed by atoms with Gasteiger partial charge in [-0.2, -0.15) is 0 Å². The Balaban J connectivity index is 0.000000284. The van der Waals surface area contributed by atoms with Crippen molar-refractivity contribution in [2.24, 2.45) is 0 Å². The second kappa shape index (κ2) is 13.6. The third-order valence-electron chi connectivity index (χ3n) is 2.81. The van der Waals surface area contributed by atoms with Crippen LogP contribution < -0.4 is 10.6 Å². The Hall–Kier alpha value is -0.843. The molecule has 2 heterocycles. The number of nitrogens with one attached hydrogen (secondary N) is 2. The van der Waals surface area contributed by atoms with Gasteiger partial charge in [0.15, 0.2) is 0 Å². The topological polar surface area (TPSA) is 58.2 Å². The summed E-state index contributed by atoms with van der Waals surface area (Å²) in [5, 5.41) is 5.61. The molecule has 2 rings (SSSR count). The van der Waals surface area contributed by atoms with Gasteiger partial charge in [0.1, 0.15) is 0 Å². The molecule has 2 saturated heterocycles. The highest BCUT2D eigenvalue weighted by atomic mass is 28.2. The molecule has 0 unspecified atom stereocenters. The molecule has 0 saturated carbocycles.